The Balaban J connectivity index is 0.00000361. The first-order valence-corrected chi connectivity index (χ1v) is 7.17. The minimum absolute atomic E-state index is 0. The number of unbranched alkanes of at least 4 members (excludes halogenated alkanes) is 5. The van der Waals surface area contributed by atoms with Gasteiger partial charge in [-0.2, -0.15) is 0 Å². The average Bonchev–Trinajstić information content (AvgIpc) is 2.41. The van der Waals surface area contributed by atoms with Gasteiger partial charge < -0.3 is 0 Å². The van der Waals surface area contributed by atoms with Crippen molar-refractivity contribution in [1.82, 2.24) is 0 Å². The molecule has 0 amide bonds. The van der Waals surface area contributed by atoms with Gasteiger partial charge in [-0.1, -0.05) is 57.2 Å². The van der Waals surface area contributed by atoms with Gasteiger partial charge in [0.05, 0.1) is 0 Å². The third kappa shape index (κ3) is 8.62. The normalized spacial score (nSPS) is 9.70. The first-order valence-electron chi connectivity index (χ1n) is 7.17. The van der Waals surface area contributed by atoms with E-state index >= 15 is 0 Å². The molecule has 0 saturated heterocycles. The van der Waals surface area contributed by atoms with Crippen LogP contribution in [0.4, 0.5) is 0 Å². The Bertz CT molecular complexity index is 380. The molecule has 0 bridgehead atoms. The molecule has 4 heteroatoms. The summed E-state index contributed by atoms with van der Waals surface area (Å²) in [7, 11) is 0. The van der Waals surface area contributed by atoms with E-state index < -0.39 is 5.97 Å². The summed E-state index contributed by atoms with van der Waals surface area (Å²) in [5.74, 6) is 0.209. The van der Waals surface area contributed by atoms with Gasteiger partial charge in [0.15, 0.2) is 5.75 Å². The van der Waals surface area contributed by atoms with E-state index in [2.05, 4.69) is 11.8 Å². The fourth-order valence-corrected chi connectivity index (χ4v) is 1.99. The number of hydrogen-bond acceptors (Lipinski definition) is 3. The summed E-state index contributed by atoms with van der Waals surface area (Å²) in [5, 5.41) is 0. The van der Waals surface area contributed by atoms with Crippen molar-refractivity contribution in [2.45, 2.75) is 58.8 Å². The second kappa shape index (κ2) is 12.2. The molecule has 0 aromatic heterocycles. The quantitative estimate of drug-likeness (QED) is 0.297. The third-order valence-corrected chi connectivity index (χ3v) is 3.02. The zero-order valence-corrected chi connectivity index (χ0v) is 15.0. The fourth-order valence-electron chi connectivity index (χ4n) is 1.99. The minimum Gasteiger partial charge on any atom is -0.287 e. The van der Waals surface area contributed by atoms with Gasteiger partial charge in [0.2, 0.25) is 0 Å². The largest absolute Gasteiger partial charge is 0.352 e. The monoisotopic (exact) mass is 287 g/mol. The van der Waals surface area contributed by atoms with Crippen LogP contribution >= 0.6 is 0 Å². The summed E-state index contributed by atoms with van der Waals surface area (Å²) in [5.41, 5.74) is 1.10. The maximum atomic E-state index is 10.7. The van der Waals surface area contributed by atoms with Gasteiger partial charge >= 0.3 is 5.97 Å². The van der Waals surface area contributed by atoms with Gasteiger partial charge in [0.1, 0.15) is 0 Å². The summed E-state index contributed by atoms with van der Waals surface area (Å²) in [4.78, 5) is 20.4. The Morgan fingerprint density at radius 1 is 1.05 bits per heavy atom. The molecule has 1 aromatic rings. The van der Waals surface area contributed by atoms with Crippen LogP contribution in [0.2, 0.25) is 0 Å². The average molecular weight is 287 g/mol. The van der Waals surface area contributed by atoms with Crippen molar-refractivity contribution in [3.63, 3.8) is 0 Å². The standard InChI is InChI=1S/C16H24O3.Na/c1-3-4-5-6-7-8-11-15-12-9-10-13-16(15)19-18-14(2)17;/h9-10,12-13H,3-8,11H2,1-2H3;. The number of aryl methyl sites for hydroxylation is 1. The maximum absolute atomic E-state index is 10.7. The molecule has 0 aliphatic heterocycles. The van der Waals surface area contributed by atoms with E-state index in [1.54, 1.807) is 0 Å². The Kier molecular flexibility index (Phi) is 11.9. The van der Waals surface area contributed by atoms with Crippen molar-refractivity contribution in [3.8, 4) is 5.75 Å². The van der Waals surface area contributed by atoms with Crippen LogP contribution in [0, 0.1) is 0 Å². The van der Waals surface area contributed by atoms with Crippen LogP contribution < -0.4 is 4.89 Å². The van der Waals surface area contributed by atoms with Crippen molar-refractivity contribution in [3.05, 3.63) is 29.8 Å². The summed E-state index contributed by atoms with van der Waals surface area (Å²) in [6.45, 7) is 3.55. The van der Waals surface area contributed by atoms with Gasteiger partial charge in [0.25, 0.3) is 0 Å². The summed E-state index contributed by atoms with van der Waals surface area (Å²) < 4.78 is 0. The molecule has 0 spiro atoms. The number of benzene rings is 1. The van der Waals surface area contributed by atoms with E-state index in [1.807, 2.05) is 24.3 Å². The Labute approximate surface area is 144 Å². The molecule has 0 heterocycles. The summed E-state index contributed by atoms with van der Waals surface area (Å²) >= 11 is 0. The van der Waals surface area contributed by atoms with Crippen molar-refractivity contribution in [1.29, 1.82) is 0 Å². The predicted octanol–water partition coefficient (Wildman–Crippen LogP) is 4.07. The molecule has 0 aliphatic carbocycles. The van der Waals surface area contributed by atoms with Crippen LogP contribution in [0.15, 0.2) is 24.3 Å². The number of hydrogen-bond donors (Lipinski definition) is 0. The van der Waals surface area contributed by atoms with Crippen LogP contribution in [0.25, 0.3) is 0 Å². The van der Waals surface area contributed by atoms with E-state index in [0.717, 1.165) is 18.4 Å². The van der Waals surface area contributed by atoms with Crippen LogP contribution in [-0.2, 0) is 16.1 Å². The number of para-hydroxylation sites is 1. The minimum atomic E-state index is -0.436. The molecule has 0 atom stereocenters. The number of carbonyl (C=O) groups is 1. The molecule has 1 aromatic carbocycles. The molecule has 0 aliphatic rings. The van der Waals surface area contributed by atoms with E-state index in [4.69, 9.17) is 4.89 Å². The molecule has 1 radical (unpaired) electrons. The molecule has 3 nitrogen and oxygen atoms in total. The van der Waals surface area contributed by atoms with E-state index in [-0.39, 0.29) is 29.6 Å². The van der Waals surface area contributed by atoms with Crippen LogP contribution in [0.5, 0.6) is 5.75 Å². The number of carbonyl (C=O) groups excluding carboxylic acids is 1. The van der Waals surface area contributed by atoms with Crippen molar-refractivity contribution in [2.75, 3.05) is 0 Å². The molecular formula is C16H24NaO3. The molecular weight excluding hydrogens is 263 g/mol. The second-order valence-electron chi connectivity index (χ2n) is 4.78. The topological polar surface area (TPSA) is 35.5 Å². The molecule has 1 rings (SSSR count). The first kappa shape index (κ1) is 19.5. The second-order valence-corrected chi connectivity index (χ2v) is 4.78. The third-order valence-electron chi connectivity index (χ3n) is 3.02. The van der Waals surface area contributed by atoms with Crippen molar-refractivity contribution >= 4 is 35.5 Å². The summed E-state index contributed by atoms with van der Waals surface area (Å²) in [6, 6.07) is 7.71. The Hall–Kier alpha value is -0.510. The van der Waals surface area contributed by atoms with Gasteiger partial charge in [-0.15, -0.1) is 0 Å². The Morgan fingerprint density at radius 3 is 2.40 bits per heavy atom. The summed E-state index contributed by atoms with van der Waals surface area (Å²) in [6.07, 6.45) is 8.56. The zero-order valence-electron chi connectivity index (χ0n) is 13.0. The van der Waals surface area contributed by atoms with E-state index in [9.17, 15) is 4.79 Å². The van der Waals surface area contributed by atoms with Gasteiger partial charge in [-0.3, -0.25) is 9.78 Å². The van der Waals surface area contributed by atoms with Crippen molar-refractivity contribution in [2.24, 2.45) is 0 Å². The van der Waals surface area contributed by atoms with Gasteiger partial charge in [0, 0.05) is 36.5 Å². The SMILES string of the molecule is CCCCCCCCc1ccccc1OOC(C)=O.[Na]. The molecule has 0 unspecified atom stereocenters. The fraction of sp³-hybridized carbons (Fsp3) is 0.562. The maximum Gasteiger partial charge on any atom is 0.352 e. The van der Waals surface area contributed by atoms with Gasteiger partial charge in [-0.05, 0) is 24.5 Å². The van der Waals surface area contributed by atoms with E-state index in [0.29, 0.717) is 5.75 Å². The molecule has 0 N–H and O–H groups in total. The molecule has 0 saturated carbocycles. The van der Waals surface area contributed by atoms with Crippen molar-refractivity contribution < 1.29 is 14.6 Å². The Morgan fingerprint density at radius 2 is 1.70 bits per heavy atom. The zero-order chi connectivity index (χ0) is 13.9. The van der Waals surface area contributed by atoms with Gasteiger partial charge in [-0.25, -0.2) is 4.79 Å². The van der Waals surface area contributed by atoms with Crippen LogP contribution in [-0.4, -0.2) is 35.5 Å². The van der Waals surface area contributed by atoms with Crippen LogP contribution in [0.3, 0.4) is 0 Å². The predicted molar refractivity (Wildman–Crippen MR) is 81.7 cm³/mol. The van der Waals surface area contributed by atoms with E-state index in [1.165, 1.54) is 39.0 Å². The molecule has 107 valence electrons. The molecule has 0 fully saturated rings. The molecule has 20 heavy (non-hydrogen) atoms. The smallest absolute Gasteiger partial charge is 0.287 e. The number of rotatable bonds is 9. The van der Waals surface area contributed by atoms with Crippen LogP contribution in [0.1, 0.15) is 57.9 Å². The first-order chi connectivity index (χ1) is 9.24.